The fourth-order valence-electron chi connectivity index (χ4n) is 3.26. The van der Waals surface area contributed by atoms with Crippen LogP contribution < -0.4 is 10.9 Å². The molecule has 0 bridgehead atoms. The molecule has 2 heterocycles. The molecule has 3 aromatic rings. The molecule has 0 fully saturated rings. The minimum atomic E-state index is -0.697. The number of H-pyrrole nitrogens is 2. The summed E-state index contributed by atoms with van der Waals surface area (Å²) in [6.45, 7) is 7.17. The minimum Gasteiger partial charge on any atom is -0.351 e. The van der Waals surface area contributed by atoms with Gasteiger partial charge in [-0.25, -0.2) is 0 Å². The normalized spacial score (nSPS) is 12.6. The number of para-hydroxylation sites is 1. The highest BCUT2D eigenvalue weighted by molar-refractivity contribution is 6.27. The molecular formula is C20H12N2O4. The van der Waals surface area contributed by atoms with Crippen LogP contribution in [0.1, 0.15) is 43.4 Å². The van der Waals surface area contributed by atoms with E-state index in [1.54, 1.807) is 24.3 Å². The number of aromatic amines is 2. The van der Waals surface area contributed by atoms with Crippen LogP contribution >= 0.6 is 0 Å². The predicted molar refractivity (Wildman–Crippen MR) is 98.7 cm³/mol. The fraction of sp³-hybridized carbons (Fsp3) is 0. The van der Waals surface area contributed by atoms with E-state index in [-0.39, 0.29) is 33.8 Å². The number of benzene rings is 1. The van der Waals surface area contributed by atoms with Crippen LogP contribution in [0.2, 0.25) is 0 Å². The molecule has 2 N–H and O–H groups in total. The van der Waals surface area contributed by atoms with E-state index in [2.05, 4.69) is 23.1 Å². The second kappa shape index (κ2) is 5.35. The van der Waals surface area contributed by atoms with Crippen molar-refractivity contribution in [3.05, 3.63) is 91.6 Å². The average Bonchev–Trinajstić information content (AvgIpc) is 2.65. The Labute approximate surface area is 146 Å². The second-order valence-corrected chi connectivity index (χ2v) is 5.85. The van der Waals surface area contributed by atoms with Gasteiger partial charge in [0.05, 0.1) is 11.1 Å². The highest BCUT2D eigenvalue weighted by Crippen LogP contribution is 2.24. The molecule has 0 radical (unpaired) electrons. The SMILES string of the molecule is C=Cc1[nH]c2c(c(=O)c1C=C)C(=O)c1[nH]c3ccccc3c(=O)c1C2=O. The molecule has 126 valence electrons. The summed E-state index contributed by atoms with van der Waals surface area (Å²) < 4.78 is 0. The summed E-state index contributed by atoms with van der Waals surface area (Å²) in [7, 11) is 0. The van der Waals surface area contributed by atoms with Crippen molar-refractivity contribution in [1.29, 1.82) is 0 Å². The maximum absolute atomic E-state index is 12.9. The Morgan fingerprint density at radius 3 is 2.04 bits per heavy atom. The zero-order chi connectivity index (χ0) is 18.6. The molecule has 0 spiro atoms. The Balaban J connectivity index is 2.16. The van der Waals surface area contributed by atoms with Gasteiger partial charge in [-0.3, -0.25) is 19.2 Å². The lowest BCUT2D eigenvalue weighted by atomic mass is 9.87. The zero-order valence-electron chi connectivity index (χ0n) is 13.5. The maximum atomic E-state index is 12.9. The Bertz CT molecular complexity index is 1290. The van der Waals surface area contributed by atoms with Crippen molar-refractivity contribution in [2.24, 2.45) is 0 Å². The Kier molecular flexibility index (Phi) is 3.23. The summed E-state index contributed by atoms with van der Waals surface area (Å²) in [6, 6.07) is 6.57. The topological polar surface area (TPSA) is 99.9 Å². The molecule has 1 aromatic carbocycles. The van der Waals surface area contributed by atoms with E-state index >= 15 is 0 Å². The highest BCUT2D eigenvalue weighted by Gasteiger charge is 2.36. The van der Waals surface area contributed by atoms with E-state index in [9.17, 15) is 19.2 Å². The third-order valence-electron chi connectivity index (χ3n) is 4.50. The number of hydrogen-bond donors (Lipinski definition) is 2. The summed E-state index contributed by atoms with van der Waals surface area (Å²) in [6.07, 6.45) is 2.66. The van der Waals surface area contributed by atoms with Gasteiger partial charge < -0.3 is 9.97 Å². The Hall–Kier alpha value is -3.80. The van der Waals surface area contributed by atoms with Crippen molar-refractivity contribution in [3.63, 3.8) is 0 Å². The molecule has 6 heteroatoms. The second-order valence-electron chi connectivity index (χ2n) is 5.85. The van der Waals surface area contributed by atoms with Crippen LogP contribution in [-0.4, -0.2) is 21.5 Å². The first-order valence-corrected chi connectivity index (χ1v) is 7.79. The smallest absolute Gasteiger partial charge is 0.216 e. The number of ketones is 2. The summed E-state index contributed by atoms with van der Waals surface area (Å²) in [5, 5.41) is 0.296. The number of pyridine rings is 2. The predicted octanol–water partition coefficient (Wildman–Crippen LogP) is 2.28. The lowest BCUT2D eigenvalue weighted by Gasteiger charge is -2.18. The molecule has 1 aliphatic carbocycles. The zero-order valence-corrected chi connectivity index (χ0v) is 13.5. The molecular weight excluding hydrogens is 332 g/mol. The number of aromatic nitrogens is 2. The number of fused-ring (bicyclic) bond motifs is 3. The lowest BCUT2D eigenvalue weighted by molar-refractivity contribution is 0.0970. The van der Waals surface area contributed by atoms with E-state index in [0.29, 0.717) is 10.9 Å². The van der Waals surface area contributed by atoms with Gasteiger partial charge in [0, 0.05) is 22.2 Å². The van der Waals surface area contributed by atoms with Gasteiger partial charge in [0.1, 0.15) is 11.4 Å². The maximum Gasteiger partial charge on any atom is 0.216 e. The first-order chi connectivity index (χ1) is 12.5. The van der Waals surface area contributed by atoms with Crippen LogP contribution in [0.15, 0.2) is 47.0 Å². The third kappa shape index (κ3) is 1.86. The Morgan fingerprint density at radius 1 is 0.769 bits per heavy atom. The third-order valence-corrected chi connectivity index (χ3v) is 4.50. The molecule has 0 atom stereocenters. The molecule has 0 amide bonds. The van der Waals surface area contributed by atoms with E-state index in [4.69, 9.17) is 0 Å². The monoisotopic (exact) mass is 344 g/mol. The van der Waals surface area contributed by atoms with E-state index in [1.165, 1.54) is 12.2 Å². The standard InChI is InChI=1S/C20H12N2O4/c1-3-9-11(4-2)21-15-13(17(9)23)19(25)16-14(20(15)26)18(24)10-7-5-6-8-12(10)22-16/h3-8H,1-2H2,(H,21,23)(H,22,24). The number of nitrogens with one attached hydrogen (secondary N) is 2. The van der Waals surface area contributed by atoms with Gasteiger partial charge in [0.15, 0.2) is 0 Å². The van der Waals surface area contributed by atoms with E-state index < -0.39 is 22.4 Å². The molecule has 0 aliphatic heterocycles. The molecule has 6 nitrogen and oxygen atoms in total. The average molecular weight is 344 g/mol. The fourth-order valence-corrected chi connectivity index (χ4v) is 3.26. The Morgan fingerprint density at radius 2 is 1.38 bits per heavy atom. The highest BCUT2D eigenvalue weighted by atomic mass is 16.2. The molecule has 26 heavy (non-hydrogen) atoms. The van der Waals surface area contributed by atoms with Gasteiger partial charge in [-0.05, 0) is 18.2 Å². The van der Waals surface area contributed by atoms with Gasteiger partial charge in [0.2, 0.25) is 22.4 Å². The van der Waals surface area contributed by atoms with Gasteiger partial charge in [0.25, 0.3) is 0 Å². The number of hydrogen-bond acceptors (Lipinski definition) is 4. The van der Waals surface area contributed by atoms with Crippen molar-refractivity contribution in [3.8, 4) is 0 Å². The van der Waals surface area contributed by atoms with Crippen molar-refractivity contribution >= 4 is 34.6 Å². The quantitative estimate of drug-likeness (QED) is 0.582. The van der Waals surface area contributed by atoms with E-state index in [0.717, 1.165) is 0 Å². The summed E-state index contributed by atoms with van der Waals surface area (Å²) in [5.74, 6) is -1.39. The van der Waals surface area contributed by atoms with Crippen LogP contribution in [0.5, 0.6) is 0 Å². The minimum absolute atomic E-state index is 0.145. The van der Waals surface area contributed by atoms with Gasteiger partial charge in [-0.2, -0.15) is 0 Å². The van der Waals surface area contributed by atoms with Crippen LogP contribution in [0, 0.1) is 0 Å². The van der Waals surface area contributed by atoms with E-state index in [1.807, 2.05) is 0 Å². The van der Waals surface area contributed by atoms with Crippen LogP contribution in [0.25, 0.3) is 23.1 Å². The first-order valence-electron chi connectivity index (χ1n) is 7.79. The summed E-state index contributed by atoms with van der Waals surface area (Å²) >= 11 is 0. The van der Waals surface area contributed by atoms with Gasteiger partial charge in [-0.15, -0.1) is 0 Å². The number of carbonyl (C=O) groups excluding carboxylic acids is 2. The molecule has 0 unspecified atom stereocenters. The van der Waals surface area contributed by atoms with Crippen LogP contribution in [-0.2, 0) is 0 Å². The van der Waals surface area contributed by atoms with Crippen molar-refractivity contribution in [2.75, 3.05) is 0 Å². The van der Waals surface area contributed by atoms with Crippen LogP contribution in [0.4, 0.5) is 0 Å². The molecule has 2 aromatic heterocycles. The molecule has 0 saturated carbocycles. The molecule has 1 aliphatic rings. The lowest BCUT2D eigenvalue weighted by Crippen LogP contribution is -2.35. The first kappa shape index (κ1) is 15.7. The number of rotatable bonds is 2. The largest absolute Gasteiger partial charge is 0.351 e. The van der Waals surface area contributed by atoms with Crippen molar-refractivity contribution in [1.82, 2.24) is 9.97 Å². The van der Waals surface area contributed by atoms with Gasteiger partial charge in [-0.1, -0.05) is 31.4 Å². The van der Waals surface area contributed by atoms with Crippen molar-refractivity contribution in [2.45, 2.75) is 0 Å². The summed E-state index contributed by atoms with van der Waals surface area (Å²) in [4.78, 5) is 57.0. The van der Waals surface area contributed by atoms with Gasteiger partial charge >= 0.3 is 0 Å². The summed E-state index contributed by atoms with van der Waals surface area (Å²) in [5.41, 5.74) is -1.27. The van der Waals surface area contributed by atoms with Crippen molar-refractivity contribution < 1.29 is 9.59 Å². The number of carbonyl (C=O) groups is 2. The van der Waals surface area contributed by atoms with Crippen LogP contribution in [0.3, 0.4) is 0 Å². The molecule has 0 saturated heterocycles. The molecule has 4 rings (SSSR count).